The predicted molar refractivity (Wildman–Crippen MR) is 68.8 cm³/mol. The number of rotatable bonds is 2. The molecule has 0 unspecified atom stereocenters. The largest absolute Gasteiger partial charge is 0.433 e. The number of hydrogen-bond donors (Lipinski definition) is 2. The van der Waals surface area contributed by atoms with E-state index in [2.05, 4.69) is 31.2 Å². The van der Waals surface area contributed by atoms with E-state index >= 15 is 0 Å². The van der Waals surface area contributed by atoms with Gasteiger partial charge in [-0.05, 0) is 18.2 Å². The lowest BCUT2D eigenvalue weighted by molar-refractivity contribution is -0.141. The first-order valence-corrected chi connectivity index (χ1v) is 5.99. The molecule has 0 amide bonds. The van der Waals surface area contributed by atoms with Crippen LogP contribution in [-0.4, -0.2) is 9.97 Å². The SMILES string of the molecule is Nc1nc(Nc2ccc(Br)cc2F)cc(C(F)(F)F)n1. The lowest BCUT2D eigenvalue weighted by Crippen LogP contribution is -2.12. The molecule has 0 spiro atoms. The van der Waals surface area contributed by atoms with E-state index in [1.807, 2.05) is 0 Å². The van der Waals surface area contributed by atoms with Crippen molar-refractivity contribution in [2.24, 2.45) is 0 Å². The molecule has 0 aliphatic heterocycles. The van der Waals surface area contributed by atoms with Gasteiger partial charge in [0.05, 0.1) is 5.69 Å². The Morgan fingerprint density at radius 2 is 1.85 bits per heavy atom. The zero-order chi connectivity index (χ0) is 14.9. The van der Waals surface area contributed by atoms with Crippen LogP contribution in [-0.2, 0) is 6.18 Å². The molecule has 0 radical (unpaired) electrons. The van der Waals surface area contributed by atoms with E-state index in [1.54, 1.807) is 0 Å². The fourth-order valence-corrected chi connectivity index (χ4v) is 1.74. The number of hydrogen-bond acceptors (Lipinski definition) is 4. The Hall–Kier alpha value is -1.90. The summed E-state index contributed by atoms with van der Waals surface area (Å²) in [6.07, 6.45) is -4.66. The van der Waals surface area contributed by atoms with Gasteiger partial charge >= 0.3 is 6.18 Å². The number of nitrogens with two attached hydrogens (primary N) is 1. The third-order valence-electron chi connectivity index (χ3n) is 2.23. The third-order valence-corrected chi connectivity index (χ3v) is 2.72. The van der Waals surface area contributed by atoms with Gasteiger partial charge in [0, 0.05) is 10.5 Å². The Bertz CT molecular complexity index is 645. The van der Waals surface area contributed by atoms with Crippen molar-refractivity contribution in [3.63, 3.8) is 0 Å². The van der Waals surface area contributed by atoms with Gasteiger partial charge < -0.3 is 11.1 Å². The van der Waals surface area contributed by atoms with E-state index in [1.165, 1.54) is 12.1 Å². The quantitative estimate of drug-likeness (QED) is 0.810. The monoisotopic (exact) mass is 350 g/mol. The van der Waals surface area contributed by atoms with Crippen LogP contribution in [0.3, 0.4) is 0 Å². The summed E-state index contributed by atoms with van der Waals surface area (Å²) in [7, 11) is 0. The Labute approximate surface area is 119 Å². The fourth-order valence-electron chi connectivity index (χ4n) is 1.40. The first-order chi connectivity index (χ1) is 9.25. The molecule has 106 valence electrons. The maximum absolute atomic E-state index is 13.6. The molecule has 0 saturated carbocycles. The molecule has 0 saturated heterocycles. The molecule has 3 N–H and O–H groups in total. The van der Waals surface area contributed by atoms with Gasteiger partial charge in [0.25, 0.3) is 0 Å². The van der Waals surface area contributed by atoms with Crippen molar-refractivity contribution in [2.45, 2.75) is 6.18 Å². The molecule has 20 heavy (non-hydrogen) atoms. The summed E-state index contributed by atoms with van der Waals surface area (Å²) in [5.74, 6) is -1.45. The van der Waals surface area contributed by atoms with Crippen LogP contribution in [0.4, 0.5) is 35.0 Å². The van der Waals surface area contributed by atoms with Gasteiger partial charge in [-0.25, -0.2) is 9.37 Å². The van der Waals surface area contributed by atoms with Crippen LogP contribution in [0, 0.1) is 5.82 Å². The van der Waals surface area contributed by atoms with E-state index < -0.39 is 23.6 Å². The van der Waals surface area contributed by atoms with Crippen LogP contribution < -0.4 is 11.1 Å². The first kappa shape index (κ1) is 14.5. The molecule has 2 aromatic rings. The molecule has 0 fully saturated rings. The van der Waals surface area contributed by atoms with Crippen molar-refractivity contribution in [1.29, 1.82) is 0 Å². The highest BCUT2D eigenvalue weighted by atomic mass is 79.9. The van der Waals surface area contributed by atoms with Gasteiger partial charge in [-0.1, -0.05) is 15.9 Å². The van der Waals surface area contributed by atoms with Crippen molar-refractivity contribution in [2.75, 3.05) is 11.1 Å². The van der Waals surface area contributed by atoms with Crippen molar-refractivity contribution in [1.82, 2.24) is 9.97 Å². The van der Waals surface area contributed by atoms with Crippen molar-refractivity contribution in [3.05, 3.63) is 40.2 Å². The number of nitrogens with zero attached hydrogens (tertiary/aromatic N) is 2. The number of nitrogen functional groups attached to an aromatic ring is 1. The first-order valence-electron chi connectivity index (χ1n) is 5.19. The highest BCUT2D eigenvalue weighted by Crippen LogP contribution is 2.30. The number of aromatic nitrogens is 2. The summed E-state index contributed by atoms with van der Waals surface area (Å²) in [4.78, 5) is 6.67. The average Bonchev–Trinajstić information content (AvgIpc) is 2.31. The maximum Gasteiger partial charge on any atom is 0.433 e. The van der Waals surface area contributed by atoms with Gasteiger partial charge in [-0.15, -0.1) is 0 Å². The fraction of sp³-hybridized carbons (Fsp3) is 0.0909. The minimum Gasteiger partial charge on any atom is -0.368 e. The van der Waals surface area contributed by atoms with Gasteiger partial charge in [0.2, 0.25) is 5.95 Å². The van der Waals surface area contributed by atoms with Crippen molar-refractivity contribution < 1.29 is 17.6 Å². The van der Waals surface area contributed by atoms with Crippen molar-refractivity contribution >= 4 is 33.4 Å². The topological polar surface area (TPSA) is 63.8 Å². The van der Waals surface area contributed by atoms with Crippen LogP contribution in [0.5, 0.6) is 0 Å². The van der Waals surface area contributed by atoms with Gasteiger partial charge in [-0.2, -0.15) is 18.2 Å². The summed E-state index contributed by atoms with van der Waals surface area (Å²) in [6.45, 7) is 0. The Morgan fingerprint density at radius 1 is 1.15 bits per heavy atom. The number of nitrogens with one attached hydrogen (secondary N) is 1. The Balaban J connectivity index is 2.36. The highest BCUT2D eigenvalue weighted by Gasteiger charge is 2.33. The molecule has 0 aliphatic carbocycles. The maximum atomic E-state index is 13.6. The highest BCUT2D eigenvalue weighted by molar-refractivity contribution is 9.10. The molecular weight excluding hydrogens is 344 g/mol. The van der Waals surface area contributed by atoms with Crippen LogP contribution >= 0.6 is 15.9 Å². The number of anilines is 3. The number of halogens is 5. The van der Waals surface area contributed by atoms with Crippen LogP contribution in [0.2, 0.25) is 0 Å². The summed E-state index contributed by atoms with van der Waals surface area (Å²) in [5.41, 5.74) is 3.98. The summed E-state index contributed by atoms with van der Waals surface area (Å²) in [6, 6.07) is 4.70. The van der Waals surface area contributed by atoms with Crippen LogP contribution in [0.1, 0.15) is 5.69 Å². The summed E-state index contributed by atoms with van der Waals surface area (Å²) in [5, 5.41) is 2.43. The third kappa shape index (κ3) is 3.35. The summed E-state index contributed by atoms with van der Waals surface area (Å²) >= 11 is 3.07. The molecule has 2 rings (SSSR count). The zero-order valence-corrected chi connectivity index (χ0v) is 11.3. The van der Waals surface area contributed by atoms with E-state index in [9.17, 15) is 17.6 Å². The number of alkyl halides is 3. The normalized spacial score (nSPS) is 11.4. The van der Waals surface area contributed by atoms with E-state index in [-0.39, 0.29) is 11.5 Å². The smallest absolute Gasteiger partial charge is 0.368 e. The second-order valence-corrected chi connectivity index (χ2v) is 4.66. The Morgan fingerprint density at radius 3 is 2.45 bits per heavy atom. The molecule has 0 bridgehead atoms. The van der Waals surface area contributed by atoms with Crippen molar-refractivity contribution in [3.8, 4) is 0 Å². The molecule has 0 aliphatic rings. The second-order valence-electron chi connectivity index (χ2n) is 3.74. The molecule has 4 nitrogen and oxygen atoms in total. The average molecular weight is 351 g/mol. The minimum absolute atomic E-state index is 0.0283. The summed E-state index contributed by atoms with van der Waals surface area (Å²) < 4.78 is 51.8. The van der Waals surface area contributed by atoms with E-state index in [0.29, 0.717) is 10.5 Å². The molecule has 0 atom stereocenters. The van der Waals surface area contributed by atoms with E-state index in [4.69, 9.17) is 5.73 Å². The molecule has 1 aromatic carbocycles. The van der Waals surface area contributed by atoms with Gasteiger partial charge in [0.1, 0.15) is 11.6 Å². The van der Waals surface area contributed by atoms with E-state index in [0.717, 1.165) is 6.07 Å². The zero-order valence-electron chi connectivity index (χ0n) is 9.67. The standard InChI is InChI=1S/C11H7BrF4N4/c12-5-1-2-7(6(13)3-5)18-9-4-8(11(14,15)16)19-10(17)20-9/h1-4H,(H3,17,18,19,20). The number of benzene rings is 1. The molecule has 9 heteroatoms. The van der Waals surface area contributed by atoms with Gasteiger partial charge in [0.15, 0.2) is 5.69 Å². The predicted octanol–water partition coefficient (Wildman–Crippen LogP) is 3.72. The lowest BCUT2D eigenvalue weighted by Gasteiger charge is -2.11. The molecular formula is C11H7BrF4N4. The second kappa shape index (κ2) is 5.23. The molecule has 1 heterocycles. The lowest BCUT2D eigenvalue weighted by atomic mass is 10.3. The van der Waals surface area contributed by atoms with Crippen LogP contribution in [0.25, 0.3) is 0 Å². The minimum atomic E-state index is -4.66. The Kier molecular flexibility index (Phi) is 3.80. The van der Waals surface area contributed by atoms with Gasteiger partial charge in [-0.3, -0.25) is 0 Å². The molecule has 1 aromatic heterocycles. The van der Waals surface area contributed by atoms with Crippen LogP contribution in [0.15, 0.2) is 28.7 Å².